The minimum Gasteiger partial charge on any atom is -0.358 e. The zero-order valence-electron chi connectivity index (χ0n) is 15.0. The summed E-state index contributed by atoms with van der Waals surface area (Å²) in [5.41, 5.74) is 0.475. The fraction of sp³-hybridized carbons (Fsp3) is 0.579. The fourth-order valence-corrected chi connectivity index (χ4v) is 4.62. The summed E-state index contributed by atoms with van der Waals surface area (Å²) in [5, 5.41) is 3.71. The van der Waals surface area contributed by atoms with Crippen LogP contribution >= 0.6 is 23.2 Å². The number of piperazine rings is 1. The van der Waals surface area contributed by atoms with Gasteiger partial charge in [0.2, 0.25) is 5.91 Å². The third-order valence-corrected chi connectivity index (χ3v) is 6.07. The largest absolute Gasteiger partial charge is 0.358 e. The predicted molar refractivity (Wildman–Crippen MR) is 104 cm³/mol. The van der Waals surface area contributed by atoms with Crippen LogP contribution in [-0.4, -0.2) is 60.9 Å². The Morgan fingerprint density at radius 2 is 1.77 bits per heavy atom. The highest BCUT2D eigenvalue weighted by Crippen LogP contribution is 2.31. The molecule has 1 N–H and O–H groups in total. The molecule has 2 aliphatic rings. The van der Waals surface area contributed by atoms with Crippen LogP contribution < -0.4 is 5.32 Å². The van der Waals surface area contributed by atoms with E-state index in [0.29, 0.717) is 47.7 Å². The zero-order valence-corrected chi connectivity index (χ0v) is 16.5. The third kappa shape index (κ3) is 4.16. The number of rotatable bonds is 4. The molecule has 142 valence electrons. The van der Waals surface area contributed by atoms with E-state index < -0.39 is 0 Å². The Morgan fingerprint density at radius 1 is 1.12 bits per heavy atom. The van der Waals surface area contributed by atoms with Crippen LogP contribution in [0.15, 0.2) is 18.2 Å². The molecule has 0 unspecified atom stereocenters. The van der Waals surface area contributed by atoms with Crippen molar-refractivity contribution >= 4 is 35.0 Å². The van der Waals surface area contributed by atoms with Crippen LogP contribution in [-0.2, 0) is 4.79 Å². The van der Waals surface area contributed by atoms with Crippen molar-refractivity contribution in [3.63, 3.8) is 0 Å². The van der Waals surface area contributed by atoms with Gasteiger partial charge in [0.25, 0.3) is 5.91 Å². The minimum atomic E-state index is -0.0844. The SMILES string of the molecule is CNC(=O)[C@@H](C1CCCC1)N1CCN(C(=O)c2ccc(Cl)cc2Cl)CC1. The Labute approximate surface area is 164 Å². The van der Waals surface area contributed by atoms with Crippen LogP contribution in [0.25, 0.3) is 0 Å². The lowest BCUT2D eigenvalue weighted by molar-refractivity contribution is -0.128. The van der Waals surface area contributed by atoms with Crippen LogP contribution in [0, 0.1) is 5.92 Å². The average molecular weight is 398 g/mol. The molecule has 1 saturated heterocycles. The Kier molecular flexibility index (Phi) is 6.43. The molecule has 0 radical (unpaired) electrons. The van der Waals surface area contributed by atoms with Crippen LogP contribution in [0.3, 0.4) is 0 Å². The van der Waals surface area contributed by atoms with Crippen molar-refractivity contribution < 1.29 is 9.59 Å². The highest BCUT2D eigenvalue weighted by molar-refractivity contribution is 6.36. The van der Waals surface area contributed by atoms with E-state index in [9.17, 15) is 9.59 Å². The van der Waals surface area contributed by atoms with Crippen molar-refractivity contribution in [2.75, 3.05) is 33.2 Å². The zero-order chi connectivity index (χ0) is 18.7. The second-order valence-electron chi connectivity index (χ2n) is 7.06. The van der Waals surface area contributed by atoms with E-state index in [0.717, 1.165) is 12.8 Å². The fourth-order valence-electron chi connectivity index (χ4n) is 4.14. The summed E-state index contributed by atoms with van der Waals surface area (Å²) in [7, 11) is 1.70. The van der Waals surface area contributed by atoms with Gasteiger partial charge in [-0.05, 0) is 37.0 Å². The first-order valence-corrected chi connectivity index (χ1v) is 9.97. The molecule has 5 nitrogen and oxygen atoms in total. The molecule has 2 amide bonds. The summed E-state index contributed by atoms with van der Waals surface area (Å²) in [6, 6.07) is 4.86. The molecule has 1 aliphatic carbocycles. The van der Waals surface area contributed by atoms with E-state index in [1.165, 1.54) is 12.8 Å². The highest BCUT2D eigenvalue weighted by Gasteiger charge is 2.37. The Balaban J connectivity index is 1.65. The van der Waals surface area contributed by atoms with E-state index in [-0.39, 0.29) is 17.9 Å². The van der Waals surface area contributed by atoms with E-state index in [1.807, 2.05) is 0 Å². The third-order valence-electron chi connectivity index (χ3n) is 5.52. The van der Waals surface area contributed by atoms with Crippen molar-refractivity contribution in [1.29, 1.82) is 0 Å². The monoisotopic (exact) mass is 397 g/mol. The standard InChI is InChI=1S/C19H25Cl2N3O2/c1-22-18(25)17(13-4-2-3-5-13)23-8-10-24(11-9-23)19(26)15-7-6-14(20)12-16(15)21/h6-7,12-13,17H,2-5,8-11H2,1H3,(H,22,25)/t17-/m1/s1. The summed E-state index contributed by atoms with van der Waals surface area (Å²) in [6.45, 7) is 2.59. The molecular formula is C19H25Cl2N3O2. The lowest BCUT2D eigenvalue weighted by Gasteiger charge is -2.40. The summed E-state index contributed by atoms with van der Waals surface area (Å²) in [5.74, 6) is 0.434. The van der Waals surface area contributed by atoms with Crippen molar-refractivity contribution in [2.24, 2.45) is 5.92 Å². The number of carbonyl (C=O) groups is 2. The van der Waals surface area contributed by atoms with Gasteiger partial charge in [0.05, 0.1) is 16.6 Å². The molecule has 1 aromatic carbocycles. The van der Waals surface area contributed by atoms with Crippen molar-refractivity contribution in [3.05, 3.63) is 33.8 Å². The molecule has 0 aromatic heterocycles. The summed E-state index contributed by atoms with van der Waals surface area (Å²) in [6.07, 6.45) is 4.62. The van der Waals surface area contributed by atoms with Gasteiger partial charge in [-0.3, -0.25) is 14.5 Å². The molecule has 2 fully saturated rings. The number of nitrogens with one attached hydrogen (secondary N) is 1. The number of amides is 2. The number of benzene rings is 1. The first-order valence-electron chi connectivity index (χ1n) is 9.21. The van der Waals surface area contributed by atoms with Crippen molar-refractivity contribution in [3.8, 4) is 0 Å². The van der Waals surface area contributed by atoms with Crippen LogP contribution in [0.2, 0.25) is 10.0 Å². The highest BCUT2D eigenvalue weighted by atomic mass is 35.5. The summed E-state index contributed by atoms with van der Waals surface area (Å²) < 4.78 is 0. The Bertz CT molecular complexity index is 669. The summed E-state index contributed by atoms with van der Waals surface area (Å²) in [4.78, 5) is 29.2. The van der Waals surface area contributed by atoms with E-state index >= 15 is 0 Å². The normalized spacial score (nSPS) is 20.2. The lowest BCUT2D eigenvalue weighted by atomic mass is 9.95. The van der Waals surface area contributed by atoms with Crippen LogP contribution in [0.1, 0.15) is 36.0 Å². The van der Waals surface area contributed by atoms with Gasteiger partial charge >= 0.3 is 0 Å². The van der Waals surface area contributed by atoms with Crippen molar-refractivity contribution in [1.82, 2.24) is 15.1 Å². The van der Waals surface area contributed by atoms with Gasteiger partial charge in [0.15, 0.2) is 0 Å². The number of halogens is 2. The molecule has 1 atom stereocenters. The molecule has 1 heterocycles. The van der Waals surface area contributed by atoms with Crippen LogP contribution in [0.5, 0.6) is 0 Å². The number of nitrogens with zero attached hydrogens (tertiary/aromatic N) is 2. The second kappa shape index (κ2) is 8.59. The smallest absolute Gasteiger partial charge is 0.255 e. The Morgan fingerprint density at radius 3 is 2.35 bits per heavy atom. The molecule has 1 aromatic rings. The number of likely N-dealkylation sites (N-methyl/N-ethyl adjacent to an activating group) is 1. The molecule has 0 bridgehead atoms. The maximum atomic E-state index is 12.8. The molecule has 7 heteroatoms. The lowest BCUT2D eigenvalue weighted by Crippen LogP contribution is -2.57. The van der Waals surface area contributed by atoms with E-state index in [4.69, 9.17) is 23.2 Å². The maximum absolute atomic E-state index is 12.8. The molecule has 1 aliphatic heterocycles. The van der Waals surface area contributed by atoms with E-state index in [2.05, 4.69) is 10.2 Å². The minimum absolute atomic E-state index is 0.0799. The topological polar surface area (TPSA) is 52.7 Å². The molecular weight excluding hydrogens is 373 g/mol. The summed E-state index contributed by atoms with van der Waals surface area (Å²) >= 11 is 12.1. The van der Waals surface area contributed by atoms with Gasteiger partial charge in [0.1, 0.15) is 0 Å². The van der Waals surface area contributed by atoms with Gasteiger partial charge < -0.3 is 10.2 Å². The van der Waals surface area contributed by atoms with Gasteiger partial charge in [-0.15, -0.1) is 0 Å². The number of hydrogen-bond donors (Lipinski definition) is 1. The molecule has 1 saturated carbocycles. The second-order valence-corrected chi connectivity index (χ2v) is 7.90. The maximum Gasteiger partial charge on any atom is 0.255 e. The van der Waals surface area contributed by atoms with Crippen LogP contribution in [0.4, 0.5) is 0 Å². The van der Waals surface area contributed by atoms with Gasteiger partial charge in [-0.25, -0.2) is 0 Å². The van der Waals surface area contributed by atoms with Crippen molar-refractivity contribution in [2.45, 2.75) is 31.7 Å². The van der Waals surface area contributed by atoms with Gasteiger partial charge in [-0.2, -0.15) is 0 Å². The predicted octanol–water partition coefficient (Wildman–Crippen LogP) is 3.06. The average Bonchev–Trinajstić information content (AvgIpc) is 3.16. The van der Waals surface area contributed by atoms with E-state index in [1.54, 1.807) is 30.1 Å². The van der Waals surface area contributed by atoms with Gasteiger partial charge in [-0.1, -0.05) is 36.0 Å². The first-order chi connectivity index (χ1) is 12.5. The molecule has 3 rings (SSSR count). The quantitative estimate of drug-likeness (QED) is 0.848. The first kappa shape index (κ1) is 19.5. The van der Waals surface area contributed by atoms with Gasteiger partial charge in [0, 0.05) is 38.2 Å². The number of hydrogen-bond acceptors (Lipinski definition) is 3. The number of carbonyl (C=O) groups excluding carboxylic acids is 2. The molecule has 26 heavy (non-hydrogen) atoms. The molecule has 0 spiro atoms. The Hall–Kier alpha value is -1.30.